The number of esters is 1. The first kappa shape index (κ1) is 22.6. The zero-order valence-electron chi connectivity index (χ0n) is 19.3. The van der Waals surface area contributed by atoms with Crippen molar-refractivity contribution in [2.45, 2.75) is 45.6 Å². The van der Waals surface area contributed by atoms with Gasteiger partial charge in [-0.15, -0.1) is 0 Å². The molecule has 0 N–H and O–H groups in total. The minimum absolute atomic E-state index is 0.148. The lowest BCUT2D eigenvalue weighted by molar-refractivity contribution is 0.0713. The van der Waals surface area contributed by atoms with Gasteiger partial charge in [-0.3, -0.25) is 4.90 Å². The molecule has 3 aromatic carbocycles. The normalized spacial score (nSPS) is 17.5. The van der Waals surface area contributed by atoms with Crippen LogP contribution in [0.1, 0.15) is 45.5 Å². The number of halogens is 1. The van der Waals surface area contributed by atoms with Gasteiger partial charge in [0.2, 0.25) is 0 Å². The molecule has 6 heteroatoms. The van der Waals surface area contributed by atoms with Crippen LogP contribution in [0.2, 0.25) is 0 Å². The summed E-state index contributed by atoms with van der Waals surface area (Å²) in [4.78, 5) is 15.4. The van der Waals surface area contributed by atoms with Crippen molar-refractivity contribution in [1.29, 1.82) is 0 Å². The summed E-state index contributed by atoms with van der Waals surface area (Å²) in [6.07, 6.45) is 2.23. The number of hydrogen-bond acceptors (Lipinski definition) is 5. The molecule has 1 atom stereocenters. The van der Waals surface area contributed by atoms with E-state index in [1.54, 1.807) is 31.2 Å². The van der Waals surface area contributed by atoms with Crippen molar-refractivity contribution < 1.29 is 23.4 Å². The van der Waals surface area contributed by atoms with Gasteiger partial charge in [0.1, 0.15) is 29.5 Å². The van der Waals surface area contributed by atoms with Crippen LogP contribution in [-0.2, 0) is 24.4 Å². The van der Waals surface area contributed by atoms with E-state index in [0.29, 0.717) is 30.2 Å². The Labute approximate surface area is 199 Å². The molecule has 2 aliphatic rings. The van der Waals surface area contributed by atoms with Crippen molar-refractivity contribution in [3.63, 3.8) is 0 Å². The van der Waals surface area contributed by atoms with Gasteiger partial charge in [0.15, 0.2) is 0 Å². The minimum atomic E-state index is -0.619. The Kier molecular flexibility index (Phi) is 6.61. The standard InChI is InChI=1S/C28H28FNO4/c1-19-25(28(31)34-21-11-6-3-7-12-21)27(33-18-20-9-4-2-5-10-20)24-17-30(16-23(24)26(19)29)15-22-13-8-14-32-22/h2-7,9-12,22H,8,13-18H2,1H3. The molecule has 2 heterocycles. The van der Waals surface area contributed by atoms with E-state index >= 15 is 4.39 Å². The zero-order chi connectivity index (χ0) is 23.5. The Morgan fingerprint density at radius 2 is 1.76 bits per heavy atom. The van der Waals surface area contributed by atoms with Gasteiger partial charge in [-0.1, -0.05) is 48.5 Å². The Hall–Kier alpha value is -3.22. The lowest BCUT2D eigenvalue weighted by atomic mass is 9.98. The van der Waals surface area contributed by atoms with Gasteiger partial charge in [-0.05, 0) is 37.5 Å². The van der Waals surface area contributed by atoms with Crippen LogP contribution >= 0.6 is 0 Å². The number of para-hydroxylation sites is 1. The quantitative estimate of drug-likeness (QED) is 0.347. The van der Waals surface area contributed by atoms with E-state index in [0.717, 1.165) is 37.1 Å². The van der Waals surface area contributed by atoms with Crippen molar-refractivity contribution in [3.8, 4) is 11.5 Å². The average Bonchev–Trinajstić information content (AvgIpc) is 3.52. The van der Waals surface area contributed by atoms with Gasteiger partial charge >= 0.3 is 5.97 Å². The summed E-state index contributed by atoms with van der Waals surface area (Å²) in [5, 5.41) is 0. The summed E-state index contributed by atoms with van der Waals surface area (Å²) >= 11 is 0. The smallest absolute Gasteiger partial charge is 0.347 e. The Morgan fingerprint density at radius 3 is 2.47 bits per heavy atom. The van der Waals surface area contributed by atoms with Crippen molar-refractivity contribution in [2.75, 3.05) is 13.2 Å². The predicted octanol–water partition coefficient (Wildman–Crippen LogP) is 5.43. The van der Waals surface area contributed by atoms with Crippen LogP contribution in [0.25, 0.3) is 0 Å². The van der Waals surface area contributed by atoms with Crippen LogP contribution in [0.5, 0.6) is 11.5 Å². The van der Waals surface area contributed by atoms with Crippen LogP contribution in [-0.4, -0.2) is 30.1 Å². The Bertz CT molecular complexity index is 1160. The SMILES string of the molecule is Cc1c(F)c2c(c(OCc3ccccc3)c1C(=O)Oc1ccccc1)CN(CC1CCCO1)C2. The third-order valence-corrected chi connectivity index (χ3v) is 6.47. The van der Waals surface area contributed by atoms with Gasteiger partial charge in [-0.2, -0.15) is 0 Å². The van der Waals surface area contributed by atoms with Crippen molar-refractivity contribution in [2.24, 2.45) is 0 Å². The van der Waals surface area contributed by atoms with E-state index in [-0.39, 0.29) is 29.7 Å². The number of carbonyl (C=O) groups excluding carboxylic acids is 1. The van der Waals surface area contributed by atoms with Gasteiger partial charge in [0, 0.05) is 42.9 Å². The minimum Gasteiger partial charge on any atom is -0.488 e. The maximum absolute atomic E-state index is 15.6. The molecular weight excluding hydrogens is 433 g/mol. The number of benzene rings is 3. The summed E-state index contributed by atoms with van der Waals surface area (Å²) in [5.41, 5.74) is 2.68. The topological polar surface area (TPSA) is 48.0 Å². The molecule has 1 unspecified atom stereocenters. The largest absolute Gasteiger partial charge is 0.488 e. The van der Waals surface area contributed by atoms with Crippen LogP contribution in [0.3, 0.4) is 0 Å². The first-order valence-corrected chi connectivity index (χ1v) is 11.7. The number of fused-ring (bicyclic) bond motifs is 1. The zero-order valence-corrected chi connectivity index (χ0v) is 19.3. The highest BCUT2D eigenvalue weighted by atomic mass is 19.1. The molecule has 0 aliphatic carbocycles. The van der Waals surface area contributed by atoms with Gasteiger partial charge in [-0.25, -0.2) is 9.18 Å². The molecule has 1 saturated heterocycles. The molecule has 0 saturated carbocycles. The monoisotopic (exact) mass is 461 g/mol. The number of carbonyl (C=O) groups is 1. The van der Waals surface area contributed by atoms with Gasteiger partial charge in [0.05, 0.1) is 6.10 Å². The van der Waals surface area contributed by atoms with Crippen LogP contribution in [0, 0.1) is 12.7 Å². The maximum Gasteiger partial charge on any atom is 0.347 e. The van der Waals surface area contributed by atoms with Crippen molar-refractivity contribution >= 4 is 5.97 Å². The lowest BCUT2D eigenvalue weighted by Gasteiger charge is -2.19. The fourth-order valence-electron chi connectivity index (χ4n) is 4.75. The lowest BCUT2D eigenvalue weighted by Crippen LogP contribution is -2.27. The number of nitrogens with zero attached hydrogens (tertiary/aromatic N) is 1. The highest BCUT2D eigenvalue weighted by Crippen LogP contribution is 2.40. The summed E-state index contributed by atoms with van der Waals surface area (Å²) in [7, 11) is 0. The van der Waals surface area contributed by atoms with E-state index in [2.05, 4.69) is 4.90 Å². The molecule has 0 bridgehead atoms. The fourth-order valence-corrected chi connectivity index (χ4v) is 4.75. The van der Waals surface area contributed by atoms with Gasteiger partial charge < -0.3 is 14.2 Å². The number of ether oxygens (including phenoxy) is 3. The summed E-state index contributed by atoms with van der Waals surface area (Å²) in [5.74, 6) is -0.168. The molecule has 3 aromatic rings. The third kappa shape index (κ3) is 4.69. The molecule has 34 heavy (non-hydrogen) atoms. The Morgan fingerprint density at radius 1 is 1.06 bits per heavy atom. The van der Waals surface area contributed by atoms with E-state index in [1.807, 2.05) is 36.4 Å². The second kappa shape index (κ2) is 9.95. The summed E-state index contributed by atoms with van der Waals surface area (Å²) in [6.45, 7) is 4.37. The molecule has 0 spiro atoms. The van der Waals surface area contributed by atoms with E-state index < -0.39 is 5.97 Å². The van der Waals surface area contributed by atoms with Crippen LogP contribution in [0.4, 0.5) is 4.39 Å². The summed E-state index contributed by atoms with van der Waals surface area (Å²) < 4.78 is 33.2. The first-order chi connectivity index (χ1) is 16.6. The van der Waals surface area contributed by atoms with E-state index in [9.17, 15) is 4.79 Å². The van der Waals surface area contributed by atoms with Crippen molar-refractivity contribution in [3.05, 3.63) is 94.3 Å². The molecule has 5 rings (SSSR count). The number of rotatable bonds is 7. The molecule has 176 valence electrons. The third-order valence-electron chi connectivity index (χ3n) is 6.47. The fraction of sp³-hybridized carbons (Fsp3) is 0.321. The maximum atomic E-state index is 15.6. The highest BCUT2D eigenvalue weighted by molar-refractivity contribution is 5.96. The predicted molar refractivity (Wildman–Crippen MR) is 126 cm³/mol. The van der Waals surface area contributed by atoms with E-state index in [4.69, 9.17) is 14.2 Å². The molecule has 1 fully saturated rings. The van der Waals surface area contributed by atoms with E-state index in [1.165, 1.54) is 0 Å². The van der Waals surface area contributed by atoms with Crippen LogP contribution in [0.15, 0.2) is 60.7 Å². The molecule has 0 aromatic heterocycles. The molecule has 2 aliphatic heterocycles. The van der Waals surface area contributed by atoms with Crippen LogP contribution < -0.4 is 9.47 Å². The summed E-state index contributed by atoms with van der Waals surface area (Å²) in [6, 6.07) is 18.5. The number of hydrogen-bond donors (Lipinski definition) is 0. The second-order valence-corrected chi connectivity index (χ2v) is 8.88. The van der Waals surface area contributed by atoms with Crippen molar-refractivity contribution in [1.82, 2.24) is 4.90 Å². The van der Waals surface area contributed by atoms with Gasteiger partial charge in [0.25, 0.3) is 0 Å². The Balaban J connectivity index is 1.49. The molecule has 5 nitrogen and oxygen atoms in total. The highest BCUT2D eigenvalue weighted by Gasteiger charge is 2.34. The molecule has 0 radical (unpaired) electrons. The first-order valence-electron chi connectivity index (χ1n) is 11.7. The average molecular weight is 462 g/mol. The molecular formula is C28H28FNO4. The second-order valence-electron chi connectivity index (χ2n) is 8.88. The molecule has 0 amide bonds.